The minimum atomic E-state index is -4.70. The smallest absolute Gasteiger partial charge is 0.303 e. The first kappa shape index (κ1) is 12.0. The summed E-state index contributed by atoms with van der Waals surface area (Å²) in [6.07, 6.45) is 0. The number of rotatable bonds is 4. The van der Waals surface area contributed by atoms with Crippen LogP contribution >= 0.6 is 7.82 Å². The molecule has 0 heterocycles. The molecule has 1 aromatic rings. The predicted octanol–water partition coefficient (Wildman–Crippen LogP) is 1.12. The SMILES string of the molecule is O=C(COP(=O)(O)O)c1ccccc1F. The molecule has 0 amide bonds. The molecule has 0 saturated carbocycles. The molecule has 0 spiro atoms. The third-order valence-electron chi connectivity index (χ3n) is 1.54. The average molecular weight is 234 g/mol. The second-order valence-electron chi connectivity index (χ2n) is 2.67. The Morgan fingerprint density at radius 3 is 2.53 bits per heavy atom. The highest BCUT2D eigenvalue weighted by Crippen LogP contribution is 2.35. The van der Waals surface area contributed by atoms with Crippen LogP contribution in [0.1, 0.15) is 10.4 Å². The average Bonchev–Trinajstić information content (AvgIpc) is 2.14. The number of ketones is 1. The van der Waals surface area contributed by atoms with Crippen molar-refractivity contribution in [3.05, 3.63) is 35.6 Å². The van der Waals surface area contributed by atoms with Gasteiger partial charge in [0.1, 0.15) is 12.4 Å². The molecular weight excluding hydrogens is 226 g/mol. The van der Waals surface area contributed by atoms with Gasteiger partial charge >= 0.3 is 7.82 Å². The standard InChI is InChI=1S/C8H8FO5P/c9-7-4-2-1-3-6(7)8(10)5-14-15(11,12)13/h1-4H,5H2,(H2,11,12,13). The van der Waals surface area contributed by atoms with E-state index in [0.29, 0.717) is 0 Å². The third-order valence-corrected chi connectivity index (χ3v) is 2.00. The van der Waals surface area contributed by atoms with Crippen LogP contribution in [0.25, 0.3) is 0 Å². The van der Waals surface area contributed by atoms with Crippen LogP contribution in [-0.2, 0) is 9.09 Å². The Morgan fingerprint density at radius 2 is 2.00 bits per heavy atom. The number of hydrogen-bond acceptors (Lipinski definition) is 3. The van der Waals surface area contributed by atoms with Gasteiger partial charge in [-0.2, -0.15) is 0 Å². The van der Waals surface area contributed by atoms with Gasteiger partial charge in [-0.25, -0.2) is 8.96 Å². The van der Waals surface area contributed by atoms with Crippen LogP contribution < -0.4 is 0 Å². The fourth-order valence-electron chi connectivity index (χ4n) is 0.908. The third kappa shape index (κ3) is 3.89. The maximum absolute atomic E-state index is 13.0. The van der Waals surface area contributed by atoms with E-state index in [1.54, 1.807) is 0 Å². The molecule has 0 aliphatic rings. The van der Waals surface area contributed by atoms with E-state index < -0.39 is 26.0 Å². The van der Waals surface area contributed by atoms with E-state index in [-0.39, 0.29) is 5.56 Å². The highest BCUT2D eigenvalue weighted by molar-refractivity contribution is 7.46. The Labute approximate surface area is 84.7 Å². The van der Waals surface area contributed by atoms with Crippen LogP contribution in [0.4, 0.5) is 4.39 Å². The first-order valence-electron chi connectivity index (χ1n) is 3.88. The van der Waals surface area contributed by atoms with Gasteiger partial charge in [0.05, 0.1) is 5.56 Å². The molecule has 2 N–H and O–H groups in total. The number of carbonyl (C=O) groups excluding carboxylic acids is 1. The number of halogens is 1. The molecule has 82 valence electrons. The number of Topliss-reactive ketones (excluding diaryl/α,β-unsaturated/α-hetero) is 1. The fourth-order valence-corrected chi connectivity index (χ4v) is 1.19. The fraction of sp³-hybridized carbons (Fsp3) is 0.125. The summed E-state index contributed by atoms with van der Waals surface area (Å²) < 4.78 is 27.2. The lowest BCUT2D eigenvalue weighted by Gasteiger charge is -2.04. The summed E-state index contributed by atoms with van der Waals surface area (Å²) in [6, 6.07) is 5.12. The van der Waals surface area contributed by atoms with Crippen molar-refractivity contribution >= 4 is 13.6 Å². The second-order valence-corrected chi connectivity index (χ2v) is 3.91. The Hall–Kier alpha value is -1.07. The normalized spacial score (nSPS) is 11.4. The van der Waals surface area contributed by atoms with Gasteiger partial charge in [-0.05, 0) is 12.1 Å². The maximum Gasteiger partial charge on any atom is 0.470 e. The molecule has 7 heteroatoms. The van der Waals surface area contributed by atoms with Crippen LogP contribution in [0.2, 0.25) is 0 Å². The minimum Gasteiger partial charge on any atom is -0.303 e. The monoisotopic (exact) mass is 234 g/mol. The summed E-state index contributed by atoms with van der Waals surface area (Å²) in [7, 11) is -4.70. The van der Waals surface area contributed by atoms with Gasteiger partial charge < -0.3 is 9.79 Å². The van der Waals surface area contributed by atoms with Gasteiger partial charge in [0.15, 0.2) is 5.78 Å². The number of phosphoric ester groups is 1. The van der Waals surface area contributed by atoms with Crippen molar-refractivity contribution in [1.82, 2.24) is 0 Å². The number of benzene rings is 1. The molecule has 15 heavy (non-hydrogen) atoms. The Balaban J connectivity index is 2.71. The zero-order chi connectivity index (χ0) is 11.5. The highest BCUT2D eigenvalue weighted by Gasteiger charge is 2.18. The van der Waals surface area contributed by atoms with Crippen LogP contribution in [-0.4, -0.2) is 22.2 Å². The van der Waals surface area contributed by atoms with Crippen molar-refractivity contribution in [2.24, 2.45) is 0 Å². The topological polar surface area (TPSA) is 83.8 Å². The molecule has 0 aliphatic carbocycles. The molecule has 0 aromatic heterocycles. The van der Waals surface area contributed by atoms with Crippen molar-refractivity contribution in [2.75, 3.05) is 6.61 Å². The van der Waals surface area contributed by atoms with Gasteiger partial charge in [-0.15, -0.1) is 0 Å². The number of hydrogen-bond donors (Lipinski definition) is 2. The van der Waals surface area contributed by atoms with Gasteiger partial charge in [0.2, 0.25) is 0 Å². The maximum atomic E-state index is 13.0. The summed E-state index contributed by atoms with van der Waals surface area (Å²) in [5, 5.41) is 0. The van der Waals surface area contributed by atoms with Crippen molar-refractivity contribution in [2.45, 2.75) is 0 Å². The lowest BCUT2D eigenvalue weighted by Crippen LogP contribution is -2.09. The summed E-state index contributed by atoms with van der Waals surface area (Å²) >= 11 is 0. The number of carbonyl (C=O) groups is 1. The van der Waals surface area contributed by atoms with Crippen LogP contribution in [0.15, 0.2) is 24.3 Å². The second kappa shape index (κ2) is 4.63. The van der Waals surface area contributed by atoms with Gasteiger partial charge in [0.25, 0.3) is 0 Å². The lowest BCUT2D eigenvalue weighted by atomic mass is 10.1. The molecule has 0 atom stereocenters. The van der Waals surface area contributed by atoms with Crippen LogP contribution in [0.3, 0.4) is 0 Å². The molecule has 0 unspecified atom stereocenters. The molecule has 0 radical (unpaired) electrons. The molecular formula is C8H8FO5P. The van der Waals surface area contributed by atoms with Gasteiger partial charge in [-0.3, -0.25) is 9.32 Å². The van der Waals surface area contributed by atoms with Crippen molar-refractivity contribution in [1.29, 1.82) is 0 Å². The zero-order valence-electron chi connectivity index (χ0n) is 7.46. The summed E-state index contributed by atoms with van der Waals surface area (Å²) in [6.45, 7) is -0.856. The Kier molecular flexibility index (Phi) is 3.71. The van der Waals surface area contributed by atoms with E-state index in [1.807, 2.05) is 0 Å². The molecule has 0 fully saturated rings. The first-order valence-corrected chi connectivity index (χ1v) is 5.41. The lowest BCUT2D eigenvalue weighted by molar-refractivity contribution is 0.0880. The Bertz CT molecular complexity index is 413. The largest absolute Gasteiger partial charge is 0.470 e. The molecule has 0 bridgehead atoms. The molecule has 0 saturated heterocycles. The number of phosphoric acid groups is 1. The summed E-state index contributed by atoms with van der Waals surface area (Å²) in [5.41, 5.74) is -0.258. The van der Waals surface area contributed by atoms with Crippen molar-refractivity contribution in [3.63, 3.8) is 0 Å². The van der Waals surface area contributed by atoms with E-state index in [9.17, 15) is 13.8 Å². The molecule has 5 nitrogen and oxygen atoms in total. The van der Waals surface area contributed by atoms with Crippen LogP contribution in [0.5, 0.6) is 0 Å². The van der Waals surface area contributed by atoms with E-state index in [0.717, 1.165) is 6.07 Å². The van der Waals surface area contributed by atoms with E-state index in [2.05, 4.69) is 4.52 Å². The van der Waals surface area contributed by atoms with E-state index >= 15 is 0 Å². The zero-order valence-corrected chi connectivity index (χ0v) is 8.36. The van der Waals surface area contributed by atoms with E-state index in [4.69, 9.17) is 9.79 Å². The van der Waals surface area contributed by atoms with Crippen molar-refractivity contribution < 1.29 is 28.1 Å². The predicted molar refractivity (Wildman–Crippen MR) is 48.7 cm³/mol. The quantitative estimate of drug-likeness (QED) is 0.602. The van der Waals surface area contributed by atoms with E-state index in [1.165, 1.54) is 18.2 Å². The minimum absolute atomic E-state index is 0.258. The molecule has 1 rings (SSSR count). The highest BCUT2D eigenvalue weighted by atomic mass is 31.2. The molecule has 0 aliphatic heterocycles. The van der Waals surface area contributed by atoms with Gasteiger partial charge in [-0.1, -0.05) is 12.1 Å². The van der Waals surface area contributed by atoms with Gasteiger partial charge in [0, 0.05) is 0 Å². The summed E-state index contributed by atoms with van der Waals surface area (Å²) in [4.78, 5) is 27.9. The van der Waals surface area contributed by atoms with Crippen molar-refractivity contribution in [3.8, 4) is 0 Å². The first-order chi connectivity index (χ1) is 6.90. The molecule has 1 aromatic carbocycles. The van der Waals surface area contributed by atoms with Crippen LogP contribution in [0, 0.1) is 5.82 Å². The Morgan fingerprint density at radius 1 is 1.40 bits per heavy atom. The summed E-state index contributed by atoms with van der Waals surface area (Å²) in [5.74, 6) is -1.58.